The number of anilines is 1. The number of rotatable bonds is 9. The number of amides is 2. The number of primary amides is 1. The molecule has 8 heteroatoms. The Morgan fingerprint density at radius 2 is 1.57 bits per heavy atom. The molecule has 0 atom stereocenters. The van der Waals surface area contributed by atoms with Gasteiger partial charge in [0, 0.05) is 23.7 Å². The van der Waals surface area contributed by atoms with Crippen LogP contribution in [0.3, 0.4) is 0 Å². The van der Waals surface area contributed by atoms with Crippen molar-refractivity contribution in [3.05, 3.63) is 53.6 Å². The Hall–Kier alpha value is -3.55. The molecule has 148 valence electrons. The highest BCUT2D eigenvalue weighted by atomic mass is 16.5. The van der Waals surface area contributed by atoms with Crippen molar-refractivity contribution in [3.63, 3.8) is 0 Å². The first-order valence-electron chi connectivity index (χ1n) is 8.48. The van der Waals surface area contributed by atoms with Gasteiger partial charge in [-0.3, -0.25) is 14.4 Å². The topological polar surface area (TPSA) is 117 Å². The lowest BCUT2D eigenvalue weighted by Gasteiger charge is -2.09. The molecular weight excluding hydrogens is 364 g/mol. The number of carbonyl (C=O) groups excluding carboxylic acids is 3. The minimum atomic E-state index is -0.555. The van der Waals surface area contributed by atoms with Crippen molar-refractivity contribution in [3.8, 4) is 11.5 Å². The van der Waals surface area contributed by atoms with E-state index in [-0.39, 0.29) is 6.42 Å². The fourth-order valence-corrected chi connectivity index (χ4v) is 2.39. The summed E-state index contributed by atoms with van der Waals surface area (Å²) in [7, 11) is 3.10. The molecule has 2 rings (SSSR count). The van der Waals surface area contributed by atoms with Gasteiger partial charge in [0.05, 0.1) is 14.2 Å². The molecule has 0 aliphatic rings. The molecule has 0 spiro atoms. The van der Waals surface area contributed by atoms with Crippen LogP contribution < -0.4 is 20.5 Å². The van der Waals surface area contributed by atoms with Crippen molar-refractivity contribution in [2.45, 2.75) is 12.8 Å². The lowest BCUT2D eigenvalue weighted by Crippen LogP contribution is -2.21. The van der Waals surface area contributed by atoms with E-state index in [0.717, 1.165) is 5.56 Å². The second-order valence-corrected chi connectivity index (χ2v) is 5.87. The summed E-state index contributed by atoms with van der Waals surface area (Å²) in [6, 6.07) is 11.4. The molecule has 0 fully saturated rings. The number of hydrogen-bond donors (Lipinski definition) is 2. The molecule has 0 aromatic heterocycles. The first-order valence-corrected chi connectivity index (χ1v) is 8.48. The van der Waals surface area contributed by atoms with Crippen molar-refractivity contribution >= 4 is 23.5 Å². The normalized spacial score (nSPS) is 10.1. The molecule has 0 aliphatic heterocycles. The Morgan fingerprint density at radius 1 is 0.964 bits per heavy atom. The van der Waals surface area contributed by atoms with Gasteiger partial charge in [0.2, 0.25) is 5.91 Å². The Kier molecular flexibility index (Phi) is 7.38. The number of methoxy groups -OCH3 is 2. The van der Waals surface area contributed by atoms with Gasteiger partial charge in [0.25, 0.3) is 5.91 Å². The first kappa shape index (κ1) is 20.8. The number of carbonyl (C=O) groups is 3. The summed E-state index contributed by atoms with van der Waals surface area (Å²) in [6.45, 7) is -0.405. The van der Waals surface area contributed by atoms with Crippen LogP contribution in [0.25, 0.3) is 0 Å². The van der Waals surface area contributed by atoms with Crippen LogP contribution in [0, 0.1) is 0 Å². The molecule has 2 amide bonds. The van der Waals surface area contributed by atoms with Crippen LogP contribution in [-0.2, 0) is 20.7 Å². The Balaban J connectivity index is 1.79. The summed E-state index contributed by atoms with van der Waals surface area (Å²) in [6.07, 6.45) is 0.527. The van der Waals surface area contributed by atoms with E-state index in [9.17, 15) is 14.4 Å². The predicted molar refractivity (Wildman–Crippen MR) is 102 cm³/mol. The maximum atomic E-state index is 11.9. The lowest BCUT2D eigenvalue weighted by atomic mass is 10.1. The third-order valence-electron chi connectivity index (χ3n) is 3.85. The molecule has 8 nitrogen and oxygen atoms in total. The smallest absolute Gasteiger partial charge is 0.306 e. The fraction of sp³-hybridized carbons (Fsp3) is 0.250. The fourth-order valence-electron chi connectivity index (χ4n) is 2.39. The van der Waals surface area contributed by atoms with Gasteiger partial charge in [0.1, 0.15) is 11.5 Å². The quantitative estimate of drug-likeness (QED) is 0.636. The Bertz CT molecular complexity index is 826. The van der Waals surface area contributed by atoms with E-state index in [1.54, 1.807) is 32.4 Å². The van der Waals surface area contributed by atoms with Crippen LogP contribution in [0.1, 0.15) is 22.3 Å². The number of ether oxygens (including phenoxy) is 3. The van der Waals surface area contributed by atoms with E-state index < -0.39 is 24.4 Å². The van der Waals surface area contributed by atoms with E-state index >= 15 is 0 Å². The molecule has 0 saturated carbocycles. The largest absolute Gasteiger partial charge is 0.497 e. The minimum absolute atomic E-state index is 0.108. The maximum absolute atomic E-state index is 11.9. The first-order chi connectivity index (χ1) is 13.4. The standard InChI is InChI=1S/C20H22N2O6/c1-26-16-9-13(10-17(11-16)27-2)3-8-19(24)28-12-18(23)22-15-6-4-14(5-7-15)20(21)25/h4-7,9-11H,3,8,12H2,1-2H3,(H2,21,25)(H,22,23). The lowest BCUT2D eigenvalue weighted by molar-refractivity contribution is -0.147. The monoisotopic (exact) mass is 386 g/mol. The molecule has 28 heavy (non-hydrogen) atoms. The second kappa shape index (κ2) is 9.96. The number of benzene rings is 2. The zero-order valence-electron chi connectivity index (χ0n) is 15.7. The van der Waals surface area contributed by atoms with Crippen LogP contribution in [0.2, 0.25) is 0 Å². The molecule has 3 N–H and O–H groups in total. The third-order valence-corrected chi connectivity index (χ3v) is 3.85. The van der Waals surface area contributed by atoms with Crippen LogP contribution in [0.4, 0.5) is 5.69 Å². The van der Waals surface area contributed by atoms with E-state index in [4.69, 9.17) is 19.9 Å². The van der Waals surface area contributed by atoms with Crippen LogP contribution in [0.15, 0.2) is 42.5 Å². The number of nitrogens with two attached hydrogens (primary N) is 1. The summed E-state index contributed by atoms with van der Waals surface area (Å²) in [5, 5.41) is 2.57. The summed E-state index contributed by atoms with van der Waals surface area (Å²) in [5.41, 5.74) is 6.80. The third kappa shape index (κ3) is 6.31. The van der Waals surface area contributed by atoms with Crippen molar-refractivity contribution in [1.29, 1.82) is 0 Å². The van der Waals surface area contributed by atoms with Gasteiger partial charge >= 0.3 is 5.97 Å². The molecule has 2 aromatic rings. The number of nitrogens with one attached hydrogen (secondary N) is 1. The predicted octanol–water partition coefficient (Wildman–Crippen LogP) is 1.92. The minimum Gasteiger partial charge on any atom is -0.497 e. The number of aryl methyl sites for hydroxylation is 1. The molecule has 0 aliphatic carbocycles. The van der Waals surface area contributed by atoms with Crippen molar-refractivity contribution < 1.29 is 28.6 Å². The molecule has 0 heterocycles. The van der Waals surface area contributed by atoms with Crippen LogP contribution in [-0.4, -0.2) is 38.6 Å². The van der Waals surface area contributed by atoms with Crippen LogP contribution in [0.5, 0.6) is 11.5 Å². The SMILES string of the molecule is COc1cc(CCC(=O)OCC(=O)Nc2ccc(C(N)=O)cc2)cc(OC)c1. The highest BCUT2D eigenvalue weighted by Crippen LogP contribution is 2.23. The molecule has 0 bridgehead atoms. The van der Waals surface area contributed by atoms with Crippen LogP contribution >= 0.6 is 0 Å². The van der Waals surface area contributed by atoms with E-state index in [1.165, 1.54) is 24.3 Å². The van der Waals surface area contributed by atoms with E-state index in [1.807, 2.05) is 0 Å². The van der Waals surface area contributed by atoms with Gasteiger partial charge in [-0.05, 0) is 48.4 Å². The van der Waals surface area contributed by atoms with Crippen molar-refractivity contribution in [2.24, 2.45) is 5.73 Å². The highest BCUT2D eigenvalue weighted by molar-refractivity contribution is 5.95. The maximum Gasteiger partial charge on any atom is 0.306 e. The molecular formula is C20H22N2O6. The van der Waals surface area contributed by atoms with Gasteiger partial charge in [-0.1, -0.05) is 0 Å². The Labute approximate surface area is 162 Å². The summed E-state index contributed by atoms with van der Waals surface area (Å²) >= 11 is 0. The number of hydrogen-bond acceptors (Lipinski definition) is 6. The van der Waals surface area contributed by atoms with Gasteiger partial charge in [0.15, 0.2) is 6.61 Å². The summed E-state index contributed by atoms with van der Waals surface area (Å²) in [5.74, 6) is -0.279. The molecule has 0 unspecified atom stereocenters. The highest BCUT2D eigenvalue weighted by Gasteiger charge is 2.10. The van der Waals surface area contributed by atoms with E-state index in [2.05, 4.69) is 5.32 Å². The Morgan fingerprint density at radius 3 is 2.11 bits per heavy atom. The van der Waals surface area contributed by atoms with Gasteiger partial charge in [-0.2, -0.15) is 0 Å². The van der Waals surface area contributed by atoms with Gasteiger partial charge in [-0.25, -0.2) is 0 Å². The van der Waals surface area contributed by atoms with Crippen molar-refractivity contribution in [1.82, 2.24) is 0 Å². The van der Waals surface area contributed by atoms with E-state index in [0.29, 0.717) is 29.2 Å². The average molecular weight is 386 g/mol. The van der Waals surface area contributed by atoms with Crippen molar-refractivity contribution in [2.75, 3.05) is 26.1 Å². The number of esters is 1. The zero-order valence-corrected chi connectivity index (χ0v) is 15.7. The molecule has 2 aromatic carbocycles. The average Bonchev–Trinajstić information content (AvgIpc) is 2.70. The molecule has 0 saturated heterocycles. The summed E-state index contributed by atoms with van der Waals surface area (Å²) in [4.78, 5) is 34.8. The van der Waals surface area contributed by atoms with Gasteiger partial charge < -0.3 is 25.3 Å². The molecule has 0 radical (unpaired) electrons. The second-order valence-electron chi connectivity index (χ2n) is 5.87. The summed E-state index contributed by atoms with van der Waals surface area (Å²) < 4.78 is 15.4. The zero-order chi connectivity index (χ0) is 20.5. The van der Waals surface area contributed by atoms with Gasteiger partial charge in [-0.15, -0.1) is 0 Å².